The maximum atomic E-state index is 12.9. The Morgan fingerprint density at radius 3 is 2.71 bits per heavy atom. The van der Waals surface area contributed by atoms with Gasteiger partial charge < -0.3 is 0 Å². The predicted octanol–water partition coefficient (Wildman–Crippen LogP) is 3.28. The Morgan fingerprint density at radius 2 is 2.21 bits per heavy atom. The molecule has 1 aliphatic carbocycles. The lowest BCUT2D eigenvalue weighted by atomic mass is 9.70. The van der Waals surface area contributed by atoms with Crippen LogP contribution in [0.3, 0.4) is 0 Å². The maximum absolute atomic E-state index is 12.9. The summed E-state index contributed by atoms with van der Waals surface area (Å²) < 4.78 is 13.4. The van der Waals surface area contributed by atoms with E-state index in [9.17, 15) is 9.18 Å². The average Bonchev–Trinajstić information content (AvgIpc) is 2.18. The lowest BCUT2D eigenvalue weighted by molar-refractivity contribution is -0.130. The van der Waals surface area contributed by atoms with E-state index in [-0.39, 0.29) is 17.7 Å². The van der Waals surface area contributed by atoms with Gasteiger partial charge in [0.2, 0.25) is 0 Å². The number of hydrogen-bond donors (Lipinski definition) is 0. The van der Waals surface area contributed by atoms with Crippen molar-refractivity contribution >= 4 is 21.7 Å². The zero-order chi connectivity index (χ0) is 10.3. The Balaban J connectivity index is 2.26. The highest BCUT2D eigenvalue weighted by Crippen LogP contribution is 2.40. The van der Waals surface area contributed by atoms with Crippen molar-refractivity contribution in [2.75, 3.05) is 0 Å². The van der Waals surface area contributed by atoms with Gasteiger partial charge >= 0.3 is 0 Å². The summed E-state index contributed by atoms with van der Waals surface area (Å²) in [4.78, 5) is 11.1. The third-order valence-corrected chi connectivity index (χ3v) is 3.51. The molecule has 0 spiro atoms. The highest BCUT2D eigenvalue weighted by atomic mass is 79.9. The fourth-order valence-electron chi connectivity index (χ4n) is 1.79. The average molecular weight is 257 g/mol. The van der Waals surface area contributed by atoms with Crippen molar-refractivity contribution in [2.24, 2.45) is 5.92 Å². The summed E-state index contributed by atoms with van der Waals surface area (Å²) in [6, 6.07) is 4.96. The number of carbonyl (C=O) groups is 1. The number of hydrogen-bond acceptors (Lipinski definition) is 1. The van der Waals surface area contributed by atoms with Crippen LogP contribution in [0.1, 0.15) is 24.8 Å². The molecular formula is C11H10BrFO. The van der Waals surface area contributed by atoms with Gasteiger partial charge in [-0.3, -0.25) is 4.79 Å². The van der Waals surface area contributed by atoms with Crippen LogP contribution in [-0.2, 0) is 4.79 Å². The van der Waals surface area contributed by atoms with Gasteiger partial charge in [0.1, 0.15) is 11.6 Å². The van der Waals surface area contributed by atoms with Crippen LogP contribution in [0.15, 0.2) is 22.7 Å². The van der Waals surface area contributed by atoms with Gasteiger partial charge in [-0.05, 0) is 33.6 Å². The van der Waals surface area contributed by atoms with Crippen molar-refractivity contribution in [2.45, 2.75) is 19.3 Å². The number of benzene rings is 1. The van der Waals surface area contributed by atoms with E-state index in [1.54, 1.807) is 12.1 Å². The second-order valence-corrected chi connectivity index (χ2v) is 4.59. The van der Waals surface area contributed by atoms with Gasteiger partial charge in [0.15, 0.2) is 0 Å². The molecule has 1 aromatic carbocycles. The fourth-order valence-corrected chi connectivity index (χ4v) is 2.19. The van der Waals surface area contributed by atoms with Gasteiger partial charge in [0.05, 0.1) is 4.47 Å². The van der Waals surface area contributed by atoms with E-state index in [0.717, 1.165) is 5.56 Å². The smallest absolute Gasteiger partial charge is 0.137 e. The van der Waals surface area contributed by atoms with Gasteiger partial charge in [-0.1, -0.05) is 13.0 Å². The van der Waals surface area contributed by atoms with Crippen LogP contribution >= 0.6 is 15.9 Å². The molecule has 0 radical (unpaired) electrons. The first kappa shape index (κ1) is 9.84. The molecule has 0 amide bonds. The quantitative estimate of drug-likeness (QED) is 0.754. The second kappa shape index (κ2) is 3.46. The zero-order valence-electron chi connectivity index (χ0n) is 7.76. The molecule has 0 heterocycles. The van der Waals surface area contributed by atoms with E-state index in [1.165, 1.54) is 6.07 Å². The summed E-state index contributed by atoms with van der Waals surface area (Å²) in [6.07, 6.45) is 0.596. The van der Waals surface area contributed by atoms with Gasteiger partial charge in [0, 0.05) is 18.3 Å². The van der Waals surface area contributed by atoms with Crippen molar-refractivity contribution in [1.29, 1.82) is 0 Å². The first-order chi connectivity index (χ1) is 6.59. The molecule has 0 aromatic heterocycles. The third kappa shape index (κ3) is 1.50. The molecule has 0 N–H and O–H groups in total. The molecule has 14 heavy (non-hydrogen) atoms. The fraction of sp³-hybridized carbons (Fsp3) is 0.364. The molecule has 0 saturated heterocycles. The van der Waals surface area contributed by atoms with E-state index in [4.69, 9.17) is 0 Å². The van der Waals surface area contributed by atoms with E-state index in [0.29, 0.717) is 16.7 Å². The molecule has 1 aromatic rings. The number of Topliss-reactive ketones (excluding diaryl/α,β-unsaturated/α-hetero) is 1. The van der Waals surface area contributed by atoms with Gasteiger partial charge in [-0.25, -0.2) is 4.39 Å². The molecule has 2 unspecified atom stereocenters. The van der Waals surface area contributed by atoms with Gasteiger partial charge in [-0.15, -0.1) is 0 Å². The van der Waals surface area contributed by atoms with E-state index in [2.05, 4.69) is 15.9 Å². The summed E-state index contributed by atoms with van der Waals surface area (Å²) >= 11 is 3.14. The topological polar surface area (TPSA) is 17.1 Å². The number of ketones is 1. The first-order valence-electron chi connectivity index (χ1n) is 4.57. The number of halogens is 2. The van der Waals surface area contributed by atoms with Crippen LogP contribution in [0.25, 0.3) is 0 Å². The van der Waals surface area contributed by atoms with E-state index >= 15 is 0 Å². The highest BCUT2D eigenvalue weighted by molar-refractivity contribution is 9.10. The van der Waals surface area contributed by atoms with Crippen LogP contribution < -0.4 is 0 Å². The van der Waals surface area contributed by atoms with Crippen molar-refractivity contribution in [3.05, 3.63) is 34.1 Å². The predicted molar refractivity (Wildman–Crippen MR) is 55.6 cm³/mol. The molecule has 1 nitrogen and oxygen atoms in total. The van der Waals surface area contributed by atoms with Crippen molar-refractivity contribution in [1.82, 2.24) is 0 Å². The summed E-state index contributed by atoms with van der Waals surface area (Å²) in [5.74, 6) is 0.411. The molecule has 1 fully saturated rings. The SMILES string of the molecule is CC1C(=O)CC1c1ccc(F)c(Br)c1. The number of rotatable bonds is 1. The van der Waals surface area contributed by atoms with Crippen molar-refractivity contribution < 1.29 is 9.18 Å². The molecule has 74 valence electrons. The Labute approximate surface area is 90.4 Å². The van der Waals surface area contributed by atoms with Crippen molar-refractivity contribution in [3.63, 3.8) is 0 Å². The summed E-state index contributed by atoms with van der Waals surface area (Å²) in [7, 11) is 0. The molecule has 2 atom stereocenters. The lowest BCUT2D eigenvalue weighted by Gasteiger charge is -2.32. The molecule has 2 rings (SSSR count). The molecule has 0 aliphatic heterocycles. The summed E-state index contributed by atoms with van der Waals surface area (Å²) in [6.45, 7) is 1.92. The molecule has 1 aliphatic rings. The monoisotopic (exact) mass is 256 g/mol. The van der Waals surface area contributed by atoms with E-state index < -0.39 is 0 Å². The van der Waals surface area contributed by atoms with Crippen LogP contribution in [0.4, 0.5) is 4.39 Å². The maximum Gasteiger partial charge on any atom is 0.137 e. The largest absolute Gasteiger partial charge is 0.299 e. The Kier molecular flexibility index (Phi) is 2.43. The minimum absolute atomic E-state index is 0.0901. The van der Waals surface area contributed by atoms with Crippen LogP contribution in [-0.4, -0.2) is 5.78 Å². The Bertz CT molecular complexity index is 389. The van der Waals surface area contributed by atoms with Crippen LogP contribution in [0.5, 0.6) is 0 Å². The standard InChI is InChI=1S/C11H10BrFO/c1-6-8(5-11(6)14)7-2-3-10(13)9(12)4-7/h2-4,6,8H,5H2,1H3. The van der Waals surface area contributed by atoms with Crippen molar-refractivity contribution in [3.8, 4) is 0 Å². The summed E-state index contributed by atoms with van der Waals surface area (Å²) in [5, 5.41) is 0. The molecular weight excluding hydrogens is 247 g/mol. The molecule has 1 saturated carbocycles. The van der Waals surface area contributed by atoms with Gasteiger partial charge in [-0.2, -0.15) is 0 Å². The lowest BCUT2D eigenvalue weighted by Crippen LogP contribution is -2.32. The number of carbonyl (C=O) groups excluding carboxylic acids is 1. The minimum atomic E-state index is -0.257. The first-order valence-corrected chi connectivity index (χ1v) is 5.36. The highest BCUT2D eigenvalue weighted by Gasteiger charge is 2.36. The summed E-state index contributed by atoms with van der Waals surface area (Å²) in [5.41, 5.74) is 1.05. The Morgan fingerprint density at radius 1 is 1.50 bits per heavy atom. The normalized spacial score (nSPS) is 26.1. The Hall–Kier alpha value is -0.700. The molecule has 0 bridgehead atoms. The van der Waals surface area contributed by atoms with Crippen LogP contribution in [0.2, 0.25) is 0 Å². The zero-order valence-corrected chi connectivity index (χ0v) is 9.34. The van der Waals surface area contributed by atoms with Crippen LogP contribution in [0, 0.1) is 11.7 Å². The second-order valence-electron chi connectivity index (χ2n) is 3.74. The minimum Gasteiger partial charge on any atom is -0.299 e. The van der Waals surface area contributed by atoms with E-state index in [1.807, 2.05) is 6.92 Å². The van der Waals surface area contributed by atoms with Gasteiger partial charge in [0.25, 0.3) is 0 Å². The third-order valence-electron chi connectivity index (χ3n) is 2.90. The molecule has 3 heteroatoms.